The van der Waals surface area contributed by atoms with Crippen LogP contribution in [0.1, 0.15) is 43.9 Å². The van der Waals surface area contributed by atoms with Gasteiger partial charge in [-0.05, 0) is 56.5 Å². The number of sulfonamides is 1. The summed E-state index contributed by atoms with van der Waals surface area (Å²) in [5, 5.41) is 2.20. The van der Waals surface area contributed by atoms with Gasteiger partial charge in [-0.25, -0.2) is 8.42 Å². The van der Waals surface area contributed by atoms with Crippen molar-refractivity contribution < 1.29 is 31.2 Å². The molecule has 0 aliphatic rings. The Morgan fingerprint density at radius 1 is 1.11 bits per heavy atom. The maximum atomic E-state index is 13.5. The van der Waals surface area contributed by atoms with E-state index in [0.717, 1.165) is 29.5 Å². The molecule has 0 aromatic heterocycles. The molecule has 0 unspecified atom stereocenters. The van der Waals surface area contributed by atoms with Crippen molar-refractivity contribution in [2.24, 2.45) is 0 Å². The molecule has 7 nitrogen and oxygen atoms in total. The molecule has 2 atom stereocenters. The van der Waals surface area contributed by atoms with E-state index in [9.17, 15) is 31.2 Å². The van der Waals surface area contributed by atoms with Crippen LogP contribution in [0, 0.1) is 6.92 Å². The van der Waals surface area contributed by atoms with E-state index in [2.05, 4.69) is 5.32 Å². The van der Waals surface area contributed by atoms with Gasteiger partial charge in [0.1, 0.15) is 12.6 Å². The zero-order chi connectivity index (χ0) is 28.1. The number of carbonyl (C=O) groups excluding carboxylic acids is 2. The van der Waals surface area contributed by atoms with Crippen molar-refractivity contribution in [2.45, 2.75) is 58.9 Å². The van der Waals surface area contributed by atoms with Gasteiger partial charge in [0.25, 0.3) is 0 Å². The van der Waals surface area contributed by atoms with Gasteiger partial charge in [0.05, 0.1) is 22.5 Å². The van der Waals surface area contributed by atoms with E-state index in [1.165, 1.54) is 11.8 Å². The lowest BCUT2D eigenvalue weighted by Gasteiger charge is -2.32. The maximum Gasteiger partial charge on any atom is 0.417 e. The van der Waals surface area contributed by atoms with Gasteiger partial charge in [0.2, 0.25) is 21.8 Å². The van der Waals surface area contributed by atoms with Crippen molar-refractivity contribution in [3.63, 3.8) is 0 Å². The van der Waals surface area contributed by atoms with Gasteiger partial charge in [-0.3, -0.25) is 13.9 Å². The second-order valence-electron chi connectivity index (χ2n) is 8.87. The van der Waals surface area contributed by atoms with E-state index >= 15 is 0 Å². The highest BCUT2D eigenvalue weighted by Gasteiger charge is 2.35. The molecule has 2 rings (SSSR count). The molecule has 0 heterocycles. The largest absolute Gasteiger partial charge is 0.417 e. The number of hydrogen-bond donors (Lipinski definition) is 1. The molecule has 2 amide bonds. The van der Waals surface area contributed by atoms with Gasteiger partial charge in [0.15, 0.2) is 0 Å². The summed E-state index contributed by atoms with van der Waals surface area (Å²) < 4.78 is 66.0. The maximum absolute atomic E-state index is 13.5. The standard InChI is InChI=1S/C25H31ClF3N3O4S/c1-6-17(3)30-24(34)18(4)31(14-19-10-8-7-9-16(19)2)23(33)15-32(37(5,35)36)20-11-12-22(26)21(13-20)25(27,28)29/h7-13,17-18H,6,14-15H2,1-5H3,(H,30,34)/t17-,18+/m1/s1. The lowest BCUT2D eigenvalue weighted by molar-refractivity contribution is -0.139. The summed E-state index contributed by atoms with van der Waals surface area (Å²) in [5.41, 5.74) is -0.0240. The number of anilines is 1. The first kappa shape index (κ1) is 30.4. The summed E-state index contributed by atoms with van der Waals surface area (Å²) >= 11 is 5.68. The summed E-state index contributed by atoms with van der Waals surface area (Å²) in [5.74, 6) is -1.20. The van der Waals surface area contributed by atoms with Gasteiger partial charge in [0, 0.05) is 12.6 Å². The lowest BCUT2D eigenvalue weighted by Crippen LogP contribution is -2.52. The van der Waals surface area contributed by atoms with E-state index in [-0.39, 0.29) is 18.3 Å². The third-order valence-electron chi connectivity index (χ3n) is 5.99. The first-order valence-corrected chi connectivity index (χ1v) is 13.8. The number of nitrogens with zero attached hydrogens (tertiary/aromatic N) is 2. The molecular weight excluding hydrogens is 531 g/mol. The minimum Gasteiger partial charge on any atom is -0.352 e. The minimum absolute atomic E-state index is 0.00732. The van der Waals surface area contributed by atoms with Crippen molar-refractivity contribution in [3.8, 4) is 0 Å². The number of amides is 2. The molecule has 0 saturated carbocycles. The van der Waals surface area contributed by atoms with E-state index in [1.54, 1.807) is 12.1 Å². The van der Waals surface area contributed by atoms with Crippen LogP contribution in [0.3, 0.4) is 0 Å². The number of carbonyl (C=O) groups is 2. The molecule has 0 bridgehead atoms. The van der Waals surface area contributed by atoms with Crippen LogP contribution in [-0.2, 0) is 32.3 Å². The fourth-order valence-corrected chi connectivity index (χ4v) is 4.58. The van der Waals surface area contributed by atoms with Gasteiger partial charge >= 0.3 is 6.18 Å². The summed E-state index contributed by atoms with van der Waals surface area (Å²) in [7, 11) is -4.20. The summed E-state index contributed by atoms with van der Waals surface area (Å²) in [6.07, 6.45) is -3.39. The summed E-state index contributed by atoms with van der Waals surface area (Å²) in [6, 6.07) is 8.65. The Bertz CT molecular complexity index is 1240. The third kappa shape index (κ3) is 8.10. The molecule has 2 aromatic rings. The normalized spacial score (nSPS) is 13.5. The molecule has 12 heteroatoms. The Balaban J connectivity index is 2.49. The number of alkyl halides is 3. The summed E-state index contributed by atoms with van der Waals surface area (Å²) in [4.78, 5) is 27.7. The van der Waals surface area contributed by atoms with Crippen LogP contribution in [0.15, 0.2) is 42.5 Å². The van der Waals surface area contributed by atoms with Crippen LogP contribution in [-0.4, -0.2) is 50.0 Å². The Hall–Kier alpha value is -2.79. The van der Waals surface area contributed by atoms with Crippen molar-refractivity contribution in [1.82, 2.24) is 10.2 Å². The Kier molecular flexibility index (Phi) is 10.0. The first-order valence-electron chi connectivity index (χ1n) is 11.5. The van der Waals surface area contributed by atoms with Crippen molar-refractivity contribution in [2.75, 3.05) is 17.1 Å². The monoisotopic (exact) mass is 561 g/mol. The lowest BCUT2D eigenvalue weighted by atomic mass is 10.1. The number of aryl methyl sites for hydroxylation is 1. The second kappa shape index (κ2) is 12.2. The quantitative estimate of drug-likeness (QED) is 0.453. The zero-order valence-electron chi connectivity index (χ0n) is 21.3. The number of benzene rings is 2. The summed E-state index contributed by atoms with van der Waals surface area (Å²) in [6.45, 7) is 6.22. The molecule has 1 N–H and O–H groups in total. The van der Waals surface area contributed by atoms with E-state index < -0.39 is 51.2 Å². The molecule has 2 aromatic carbocycles. The van der Waals surface area contributed by atoms with Crippen molar-refractivity contribution in [1.29, 1.82) is 0 Å². The molecule has 37 heavy (non-hydrogen) atoms. The minimum atomic E-state index is -4.83. The van der Waals surface area contributed by atoms with Crippen LogP contribution in [0.2, 0.25) is 5.02 Å². The molecule has 0 radical (unpaired) electrons. The number of nitrogens with one attached hydrogen (secondary N) is 1. The van der Waals surface area contributed by atoms with Crippen LogP contribution in [0.25, 0.3) is 0 Å². The molecular formula is C25H31ClF3N3O4S. The molecule has 204 valence electrons. The van der Waals surface area contributed by atoms with Gasteiger partial charge in [-0.1, -0.05) is 42.8 Å². The van der Waals surface area contributed by atoms with Crippen LogP contribution < -0.4 is 9.62 Å². The number of rotatable bonds is 10. The Morgan fingerprint density at radius 2 is 1.73 bits per heavy atom. The Morgan fingerprint density at radius 3 is 2.27 bits per heavy atom. The molecule has 0 aliphatic heterocycles. The predicted octanol–water partition coefficient (Wildman–Crippen LogP) is 4.77. The highest BCUT2D eigenvalue weighted by Crippen LogP contribution is 2.37. The van der Waals surface area contributed by atoms with Crippen LogP contribution >= 0.6 is 11.6 Å². The molecule has 0 fully saturated rings. The van der Waals surface area contributed by atoms with Crippen molar-refractivity contribution >= 4 is 39.1 Å². The molecule has 0 spiro atoms. The van der Waals surface area contributed by atoms with Crippen LogP contribution in [0.4, 0.5) is 18.9 Å². The fourth-order valence-electron chi connectivity index (χ4n) is 3.52. The average Bonchev–Trinajstić information content (AvgIpc) is 2.80. The van der Waals surface area contributed by atoms with E-state index in [1.807, 2.05) is 32.9 Å². The van der Waals surface area contributed by atoms with Crippen molar-refractivity contribution in [3.05, 3.63) is 64.2 Å². The third-order valence-corrected chi connectivity index (χ3v) is 7.46. The van der Waals surface area contributed by atoms with Gasteiger partial charge in [-0.15, -0.1) is 0 Å². The van der Waals surface area contributed by atoms with E-state index in [0.29, 0.717) is 16.8 Å². The van der Waals surface area contributed by atoms with Gasteiger partial charge in [-0.2, -0.15) is 13.2 Å². The SMILES string of the molecule is CC[C@@H](C)NC(=O)[C@H](C)N(Cc1ccccc1C)C(=O)CN(c1ccc(Cl)c(C(F)(F)F)c1)S(C)(=O)=O. The predicted molar refractivity (Wildman–Crippen MR) is 138 cm³/mol. The zero-order valence-corrected chi connectivity index (χ0v) is 22.8. The van der Waals surface area contributed by atoms with Crippen LogP contribution in [0.5, 0.6) is 0 Å². The second-order valence-corrected chi connectivity index (χ2v) is 11.2. The topological polar surface area (TPSA) is 86.8 Å². The number of hydrogen-bond acceptors (Lipinski definition) is 4. The highest BCUT2D eigenvalue weighted by molar-refractivity contribution is 7.92. The average molecular weight is 562 g/mol. The fraction of sp³-hybridized carbons (Fsp3) is 0.440. The van der Waals surface area contributed by atoms with Gasteiger partial charge < -0.3 is 10.2 Å². The van der Waals surface area contributed by atoms with E-state index in [4.69, 9.17) is 11.6 Å². The molecule has 0 saturated heterocycles. The highest BCUT2D eigenvalue weighted by atomic mass is 35.5. The molecule has 0 aliphatic carbocycles. The Labute approximate surface area is 220 Å². The first-order chi connectivity index (χ1) is 17.1. The number of halogens is 4. The smallest absolute Gasteiger partial charge is 0.352 e.